The number of methoxy groups -OCH3 is 2. The molecule has 0 aliphatic heterocycles. The lowest BCUT2D eigenvalue weighted by molar-refractivity contribution is -0.177. The lowest BCUT2D eigenvalue weighted by Crippen LogP contribution is -2.48. The molecule has 0 spiro atoms. The predicted molar refractivity (Wildman–Crippen MR) is 185 cm³/mol. The molecule has 1 N–H and O–H groups in total. The van der Waals surface area contributed by atoms with Gasteiger partial charge in [0.1, 0.15) is 5.75 Å². The van der Waals surface area contributed by atoms with E-state index < -0.39 is 17.6 Å². The Morgan fingerprint density at radius 1 is 0.800 bits per heavy atom. The molecule has 226 valence electrons. The Morgan fingerprint density at radius 3 is 1.98 bits per heavy atom. The molecule has 0 aliphatic rings. The van der Waals surface area contributed by atoms with Gasteiger partial charge in [-0.15, -0.1) is 0 Å². The Kier molecular flexibility index (Phi) is 9.08. The maximum Gasteiger partial charge on any atom is 0.345 e. The van der Waals surface area contributed by atoms with Crippen LogP contribution in [0.1, 0.15) is 22.7 Å². The number of ether oxygens (including phenoxy) is 3. The summed E-state index contributed by atoms with van der Waals surface area (Å²) in [5.74, 6) is 0.171. The van der Waals surface area contributed by atoms with Crippen LogP contribution in [0.5, 0.6) is 5.75 Å². The van der Waals surface area contributed by atoms with Gasteiger partial charge in [-0.3, -0.25) is 0 Å². The topological polar surface area (TPSA) is 56.8 Å². The van der Waals surface area contributed by atoms with Crippen molar-refractivity contribution in [1.82, 2.24) is 0 Å². The first-order valence-electron chi connectivity index (χ1n) is 14.5. The molecule has 7 heteroatoms. The summed E-state index contributed by atoms with van der Waals surface area (Å²) in [6.07, 6.45) is 0. The van der Waals surface area contributed by atoms with Crippen LogP contribution in [-0.2, 0) is 26.5 Å². The quantitative estimate of drug-likeness (QED) is 0.115. The van der Waals surface area contributed by atoms with Crippen LogP contribution >= 0.6 is 27.5 Å². The summed E-state index contributed by atoms with van der Waals surface area (Å²) >= 11 is 9.89. The summed E-state index contributed by atoms with van der Waals surface area (Å²) in [5.41, 5.74) is 1.52. The van der Waals surface area contributed by atoms with E-state index in [-0.39, 0.29) is 6.61 Å². The molecule has 6 aromatic carbocycles. The molecule has 5 nitrogen and oxygen atoms in total. The van der Waals surface area contributed by atoms with Crippen LogP contribution in [0.25, 0.3) is 21.5 Å². The lowest BCUT2D eigenvalue weighted by Gasteiger charge is -2.40. The third-order valence-electron chi connectivity index (χ3n) is 8.10. The molecule has 2 atom stereocenters. The fraction of sp³-hybridized carbons (Fsp3) is 0.132. The van der Waals surface area contributed by atoms with E-state index >= 15 is 0 Å². The van der Waals surface area contributed by atoms with E-state index in [0.717, 1.165) is 48.6 Å². The van der Waals surface area contributed by atoms with Crippen molar-refractivity contribution in [2.24, 2.45) is 0 Å². The van der Waals surface area contributed by atoms with Gasteiger partial charge >= 0.3 is 5.97 Å². The molecule has 0 bridgehead atoms. The number of nitrogens with one attached hydrogen (secondary N) is 1. The molecule has 0 saturated carbocycles. The van der Waals surface area contributed by atoms with Gasteiger partial charge in [0.2, 0.25) is 5.60 Å². The van der Waals surface area contributed by atoms with Crippen molar-refractivity contribution in [3.8, 4) is 5.75 Å². The van der Waals surface area contributed by atoms with E-state index in [1.54, 1.807) is 19.2 Å². The number of benzene rings is 6. The summed E-state index contributed by atoms with van der Waals surface area (Å²) < 4.78 is 18.9. The van der Waals surface area contributed by atoms with Crippen LogP contribution in [0.3, 0.4) is 0 Å². The molecule has 0 aliphatic carbocycles. The summed E-state index contributed by atoms with van der Waals surface area (Å²) in [6.45, 7) is 0.126. The number of carbonyl (C=O) groups excluding carboxylic acids is 1. The van der Waals surface area contributed by atoms with Crippen LogP contribution in [0.4, 0.5) is 5.69 Å². The van der Waals surface area contributed by atoms with E-state index in [2.05, 4.69) is 51.6 Å². The molecule has 0 fully saturated rings. The largest absolute Gasteiger partial charge is 0.497 e. The lowest BCUT2D eigenvalue weighted by atomic mass is 9.81. The minimum Gasteiger partial charge on any atom is -0.497 e. The summed E-state index contributed by atoms with van der Waals surface area (Å²) in [7, 11) is 3.01. The maximum absolute atomic E-state index is 14.4. The zero-order valence-corrected chi connectivity index (χ0v) is 27.1. The first-order chi connectivity index (χ1) is 21.9. The third kappa shape index (κ3) is 6.14. The Bertz CT molecular complexity index is 1890. The monoisotopic (exact) mass is 679 g/mol. The predicted octanol–water partition coefficient (Wildman–Crippen LogP) is 9.86. The molecule has 0 aromatic heterocycles. The highest BCUT2D eigenvalue weighted by Crippen LogP contribution is 2.44. The van der Waals surface area contributed by atoms with Gasteiger partial charge in [0.25, 0.3) is 0 Å². The van der Waals surface area contributed by atoms with E-state index in [1.165, 1.54) is 7.11 Å². The van der Waals surface area contributed by atoms with Gasteiger partial charge in [0.15, 0.2) is 0 Å². The third-order valence-corrected chi connectivity index (χ3v) is 8.88. The molecule has 6 rings (SSSR count). The highest BCUT2D eigenvalue weighted by Gasteiger charge is 2.51. The normalized spacial score (nSPS) is 13.2. The van der Waals surface area contributed by atoms with Crippen molar-refractivity contribution in [3.63, 3.8) is 0 Å². The smallest absolute Gasteiger partial charge is 0.345 e. The van der Waals surface area contributed by atoms with Crippen molar-refractivity contribution in [2.75, 3.05) is 19.5 Å². The van der Waals surface area contributed by atoms with Crippen LogP contribution in [0.2, 0.25) is 5.02 Å². The maximum atomic E-state index is 14.4. The Labute approximate surface area is 275 Å². The van der Waals surface area contributed by atoms with Gasteiger partial charge in [0.05, 0.1) is 26.9 Å². The van der Waals surface area contributed by atoms with Gasteiger partial charge in [-0.1, -0.05) is 100 Å². The van der Waals surface area contributed by atoms with Crippen LogP contribution in [0.15, 0.2) is 132 Å². The number of fused-ring (bicyclic) bond motifs is 2. The Balaban J connectivity index is 1.57. The molecule has 0 unspecified atom stereocenters. The summed E-state index contributed by atoms with van der Waals surface area (Å²) in [6, 6.07) is 40.4. The number of hydrogen-bond acceptors (Lipinski definition) is 5. The Hall–Kier alpha value is -4.36. The van der Waals surface area contributed by atoms with Gasteiger partial charge in [-0.25, -0.2) is 4.79 Å². The van der Waals surface area contributed by atoms with Crippen molar-refractivity contribution in [3.05, 3.63) is 154 Å². The molecule has 0 amide bonds. The zero-order valence-electron chi connectivity index (χ0n) is 24.8. The number of hydrogen-bond donors (Lipinski definition) is 1. The van der Waals surface area contributed by atoms with Gasteiger partial charge in [-0.05, 0) is 92.8 Å². The molecule has 45 heavy (non-hydrogen) atoms. The molecular formula is C38H31BrClNO4. The number of esters is 1. The minimum absolute atomic E-state index is 0.126. The second-order valence-electron chi connectivity index (χ2n) is 10.7. The van der Waals surface area contributed by atoms with Crippen molar-refractivity contribution >= 4 is 60.7 Å². The standard InChI is InChI=1S/C38H31BrClNO4/c1-43-32-21-19-31(20-22-32)41-36(25-11-17-30(40)18-12-25)38(37(42)44-2,28-13-15-29(39)16-14-28)45-24-35-33-9-5-3-7-26(33)23-27-8-4-6-10-34(27)35/h3-23,36,41H,24H2,1-2H3/t36-,38-/m0/s1. The van der Waals surface area contributed by atoms with Crippen molar-refractivity contribution in [1.29, 1.82) is 0 Å². The van der Waals surface area contributed by atoms with Gasteiger partial charge in [-0.2, -0.15) is 0 Å². The SMILES string of the molecule is COC(=O)[C@](OCc1c2ccccc2cc2ccccc12)(c1ccc(Br)cc1)[C@@H](Nc1ccc(OC)cc1)c1ccc(Cl)cc1. The fourth-order valence-electron chi connectivity index (χ4n) is 5.86. The molecule has 6 aromatic rings. The summed E-state index contributed by atoms with van der Waals surface area (Å²) in [4.78, 5) is 14.4. The second-order valence-corrected chi connectivity index (χ2v) is 12.0. The molecule has 0 saturated heterocycles. The fourth-order valence-corrected chi connectivity index (χ4v) is 6.25. The van der Waals surface area contributed by atoms with Gasteiger partial charge in [0, 0.05) is 15.2 Å². The first-order valence-corrected chi connectivity index (χ1v) is 15.6. The van der Waals surface area contributed by atoms with Crippen molar-refractivity contribution in [2.45, 2.75) is 18.2 Å². The number of carbonyl (C=O) groups is 1. The minimum atomic E-state index is -1.64. The molecule has 0 heterocycles. The van der Waals surface area contributed by atoms with Crippen LogP contribution < -0.4 is 10.1 Å². The molecular weight excluding hydrogens is 650 g/mol. The van der Waals surface area contributed by atoms with Crippen LogP contribution in [0, 0.1) is 0 Å². The van der Waals surface area contributed by atoms with Crippen LogP contribution in [-0.4, -0.2) is 20.2 Å². The number of anilines is 1. The Morgan fingerprint density at radius 2 is 1.40 bits per heavy atom. The molecule has 0 radical (unpaired) electrons. The van der Waals surface area contributed by atoms with E-state index in [9.17, 15) is 4.79 Å². The number of halogens is 2. The van der Waals surface area contributed by atoms with Crippen molar-refractivity contribution < 1.29 is 19.0 Å². The highest BCUT2D eigenvalue weighted by atomic mass is 79.9. The average molecular weight is 681 g/mol. The first kappa shape index (κ1) is 30.7. The average Bonchev–Trinajstić information content (AvgIpc) is 3.08. The van der Waals surface area contributed by atoms with E-state index in [0.29, 0.717) is 10.6 Å². The van der Waals surface area contributed by atoms with E-state index in [4.69, 9.17) is 25.8 Å². The number of rotatable bonds is 10. The van der Waals surface area contributed by atoms with E-state index in [1.807, 2.05) is 84.9 Å². The summed E-state index contributed by atoms with van der Waals surface area (Å²) in [5, 5.41) is 8.48. The van der Waals surface area contributed by atoms with Gasteiger partial charge < -0.3 is 19.5 Å². The zero-order chi connectivity index (χ0) is 31.4. The second kappa shape index (κ2) is 13.3. The highest BCUT2D eigenvalue weighted by molar-refractivity contribution is 9.10.